The van der Waals surface area contributed by atoms with Crippen LogP contribution in [0.5, 0.6) is 0 Å². The Balaban J connectivity index is 1.83. The van der Waals surface area contributed by atoms with Gasteiger partial charge in [0.05, 0.1) is 0 Å². The lowest BCUT2D eigenvalue weighted by Gasteiger charge is -2.37. The molecule has 2 fully saturated rings. The molecule has 0 aromatic heterocycles. The fourth-order valence-electron chi connectivity index (χ4n) is 3.24. The van der Waals surface area contributed by atoms with Crippen molar-refractivity contribution in [3.05, 3.63) is 0 Å². The highest BCUT2D eigenvalue weighted by Crippen LogP contribution is 2.19. The monoisotopic (exact) mass is 267 g/mol. The molecule has 2 rings (SSSR count). The van der Waals surface area contributed by atoms with Crippen LogP contribution in [0.3, 0.4) is 0 Å². The van der Waals surface area contributed by atoms with Crippen molar-refractivity contribution in [1.29, 1.82) is 0 Å². The Morgan fingerprint density at radius 2 is 2.05 bits per heavy atom. The highest BCUT2D eigenvalue weighted by atomic mass is 16.2. The third kappa shape index (κ3) is 3.93. The molecule has 0 radical (unpaired) electrons. The third-order valence-corrected chi connectivity index (χ3v) is 4.44. The van der Waals surface area contributed by atoms with Crippen molar-refractivity contribution in [3.63, 3.8) is 0 Å². The normalized spacial score (nSPS) is 29.2. The Kier molecular flexibility index (Phi) is 5.22. The van der Waals surface area contributed by atoms with E-state index in [1.807, 2.05) is 13.8 Å². The van der Waals surface area contributed by atoms with E-state index in [0.29, 0.717) is 18.0 Å². The van der Waals surface area contributed by atoms with E-state index >= 15 is 0 Å². The number of hydrogen-bond acceptors (Lipinski definition) is 3. The minimum atomic E-state index is 0.123. The van der Waals surface area contributed by atoms with E-state index in [9.17, 15) is 4.79 Å². The predicted octanol–water partition coefficient (Wildman–Crippen LogP) is 1.32. The molecule has 0 bridgehead atoms. The quantitative estimate of drug-likeness (QED) is 0.834. The molecule has 1 N–H and O–H groups in total. The van der Waals surface area contributed by atoms with Gasteiger partial charge in [0, 0.05) is 37.6 Å². The fraction of sp³-hybridized carbons (Fsp3) is 0.933. The standard InChI is InChI=1S/C15H29N3O/c1-12(2)15(19)18-8-5-4-6-14(18)10-16-13-7-9-17(3)11-13/h12-14,16H,4-11H2,1-3H3. The van der Waals surface area contributed by atoms with Crippen molar-refractivity contribution < 1.29 is 4.79 Å². The van der Waals surface area contributed by atoms with Gasteiger partial charge in [0.2, 0.25) is 5.91 Å². The van der Waals surface area contributed by atoms with Crippen molar-refractivity contribution in [2.75, 3.05) is 33.2 Å². The SMILES string of the molecule is CC(C)C(=O)N1CCCCC1CNC1CCN(C)C1. The summed E-state index contributed by atoms with van der Waals surface area (Å²) >= 11 is 0. The summed E-state index contributed by atoms with van der Waals surface area (Å²) in [6, 6.07) is 1.03. The zero-order valence-electron chi connectivity index (χ0n) is 12.7. The van der Waals surface area contributed by atoms with Gasteiger partial charge in [0.1, 0.15) is 0 Å². The van der Waals surface area contributed by atoms with Crippen LogP contribution in [-0.4, -0.2) is 61.0 Å². The van der Waals surface area contributed by atoms with Crippen molar-refractivity contribution in [3.8, 4) is 0 Å². The van der Waals surface area contributed by atoms with Gasteiger partial charge in [-0.1, -0.05) is 13.8 Å². The Morgan fingerprint density at radius 3 is 2.68 bits per heavy atom. The van der Waals surface area contributed by atoms with Gasteiger partial charge in [-0.15, -0.1) is 0 Å². The van der Waals surface area contributed by atoms with Gasteiger partial charge in [0.15, 0.2) is 0 Å². The van der Waals surface area contributed by atoms with Crippen LogP contribution in [0.2, 0.25) is 0 Å². The van der Waals surface area contributed by atoms with E-state index in [1.165, 1.54) is 25.8 Å². The molecule has 0 aromatic rings. The molecule has 1 amide bonds. The minimum absolute atomic E-state index is 0.123. The van der Waals surface area contributed by atoms with Crippen LogP contribution >= 0.6 is 0 Å². The first-order chi connectivity index (χ1) is 9.08. The lowest BCUT2D eigenvalue weighted by Crippen LogP contribution is -2.51. The maximum absolute atomic E-state index is 12.2. The maximum atomic E-state index is 12.2. The summed E-state index contributed by atoms with van der Waals surface area (Å²) in [6.45, 7) is 8.27. The second-order valence-electron chi connectivity index (χ2n) is 6.49. The second kappa shape index (κ2) is 6.71. The van der Waals surface area contributed by atoms with E-state index in [2.05, 4.69) is 22.2 Å². The van der Waals surface area contributed by atoms with Crippen LogP contribution in [-0.2, 0) is 4.79 Å². The zero-order chi connectivity index (χ0) is 13.8. The minimum Gasteiger partial charge on any atom is -0.338 e. The van der Waals surface area contributed by atoms with Gasteiger partial charge in [-0.25, -0.2) is 0 Å². The Bertz CT molecular complexity index is 306. The molecule has 2 unspecified atom stereocenters. The number of carbonyl (C=O) groups excluding carboxylic acids is 1. The third-order valence-electron chi connectivity index (χ3n) is 4.44. The Labute approximate surface area is 117 Å². The van der Waals surface area contributed by atoms with Crippen molar-refractivity contribution in [2.24, 2.45) is 5.92 Å². The van der Waals surface area contributed by atoms with Gasteiger partial charge in [0.25, 0.3) is 0 Å². The molecular weight excluding hydrogens is 238 g/mol. The Hall–Kier alpha value is -0.610. The summed E-state index contributed by atoms with van der Waals surface area (Å²) in [4.78, 5) is 16.7. The zero-order valence-corrected chi connectivity index (χ0v) is 12.7. The number of nitrogens with zero attached hydrogens (tertiary/aromatic N) is 2. The summed E-state index contributed by atoms with van der Waals surface area (Å²) in [5.74, 6) is 0.452. The first-order valence-electron chi connectivity index (χ1n) is 7.80. The highest BCUT2D eigenvalue weighted by Gasteiger charge is 2.29. The number of piperidine rings is 1. The molecule has 0 saturated carbocycles. The molecule has 0 aromatic carbocycles. The number of carbonyl (C=O) groups is 1. The summed E-state index contributed by atoms with van der Waals surface area (Å²) < 4.78 is 0. The molecule has 4 nitrogen and oxygen atoms in total. The number of amides is 1. The lowest BCUT2D eigenvalue weighted by molar-refractivity contribution is -0.138. The molecule has 0 spiro atoms. The second-order valence-corrected chi connectivity index (χ2v) is 6.49. The molecule has 2 atom stereocenters. The van der Waals surface area contributed by atoms with Gasteiger partial charge >= 0.3 is 0 Å². The summed E-state index contributed by atoms with van der Waals surface area (Å²) in [5, 5.41) is 3.67. The summed E-state index contributed by atoms with van der Waals surface area (Å²) in [6.07, 6.45) is 4.83. The first kappa shape index (κ1) is 14.8. The van der Waals surface area contributed by atoms with Gasteiger partial charge in [-0.05, 0) is 39.3 Å². The molecule has 2 heterocycles. The van der Waals surface area contributed by atoms with Crippen molar-refractivity contribution >= 4 is 5.91 Å². The molecule has 0 aliphatic carbocycles. The van der Waals surface area contributed by atoms with Crippen LogP contribution < -0.4 is 5.32 Å². The van der Waals surface area contributed by atoms with Gasteiger partial charge < -0.3 is 15.1 Å². The average Bonchev–Trinajstić information content (AvgIpc) is 2.81. The number of likely N-dealkylation sites (N-methyl/N-ethyl adjacent to an activating group) is 1. The van der Waals surface area contributed by atoms with Crippen LogP contribution in [0.15, 0.2) is 0 Å². The summed E-state index contributed by atoms with van der Waals surface area (Å²) in [5.41, 5.74) is 0. The number of likely N-dealkylation sites (tertiary alicyclic amines) is 2. The van der Waals surface area contributed by atoms with Crippen molar-refractivity contribution in [2.45, 2.75) is 51.6 Å². The van der Waals surface area contributed by atoms with Crippen LogP contribution in [0.4, 0.5) is 0 Å². The molecule has 2 saturated heterocycles. The first-order valence-corrected chi connectivity index (χ1v) is 7.80. The number of rotatable bonds is 4. The van der Waals surface area contributed by atoms with E-state index in [-0.39, 0.29) is 5.92 Å². The smallest absolute Gasteiger partial charge is 0.225 e. The van der Waals surface area contributed by atoms with Gasteiger partial charge in [-0.3, -0.25) is 4.79 Å². The van der Waals surface area contributed by atoms with Crippen LogP contribution in [0, 0.1) is 5.92 Å². The largest absolute Gasteiger partial charge is 0.338 e. The Morgan fingerprint density at radius 1 is 1.26 bits per heavy atom. The maximum Gasteiger partial charge on any atom is 0.225 e. The lowest BCUT2D eigenvalue weighted by atomic mass is 9.99. The van der Waals surface area contributed by atoms with Crippen LogP contribution in [0.1, 0.15) is 39.5 Å². The number of nitrogens with one attached hydrogen (secondary N) is 1. The van der Waals surface area contributed by atoms with E-state index in [0.717, 1.165) is 26.1 Å². The fourth-order valence-corrected chi connectivity index (χ4v) is 3.24. The predicted molar refractivity (Wildman–Crippen MR) is 78.1 cm³/mol. The highest BCUT2D eigenvalue weighted by molar-refractivity contribution is 5.78. The van der Waals surface area contributed by atoms with Crippen molar-refractivity contribution in [1.82, 2.24) is 15.1 Å². The molecule has 4 heteroatoms. The average molecular weight is 267 g/mol. The molecule has 2 aliphatic heterocycles. The summed E-state index contributed by atoms with van der Waals surface area (Å²) in [7, 11) is 2.18. The molecule has 2 aliphatic rings. The number of hydrogen-bond donors (Lipinski definition) is 1. The van der Waals surface area contributed by atoms with E-state index in [1.54, 1.807) is 0 Å². The topological polar surface area (TPSA) is 35.6 Å². The molecular formula is C15H29N3O. The molecule has 110 valence electrons. The van der Waals surface area contributed by atoms with Gasteiger partial charge in [-0.2, -0.15) is 0 Å². The van der Waals surface area contributed by atoms with Crippen LogP contribution in [0.25, 0.3) is 0 Å². The van der Waals surface area contributed by atoms with E-state index in [4.69, 9.17) is 0 Å². The van der Waals surface area contributed by atoms with E-state index < -0.39 is 0 Å². The molecule has 19 heavy (non-hydrogen) atoms.